The average molecular weight is 219 g/mol. The Morgan fingerprint density at radius 2 is 2.46 bits per heavy atom. The van der Waals surface area contributed by atoms with Gasteiger partial charge in [-0.3, -0.25) is 0 Å². The lowest BCUT2D eigenvalue weighted by Gasteiger charge is -2.26. The van der Waals surface area contributed by atoms with E-state index < -0.39 is 0 Å². The number of hydrogen-bond acceptors (Lipinski definition) is 3. The smallest absolute Gasteiger partial charge is 0.106 e. The lowest BCUT2D eigenvalue weighted by atomic mass is 10.0. The fraction of sp³-hybridized carbons (Fsp3) is 0.667. The number of nitrogens with zero attached hydrogens (tertiary/aromatic N) is 1. The van der Waals surface area contributed by atoms with Gasteiger partial charge in [-0.05, 0) is 13.3 Å². The number of aromatic nitrogens is 1. The summed E-state index contributed by atoms with van der Waals surface area (Å²) in [5.41, 5.74) is 0.0349. The molecule has 1 heterocycles. The van der Waals surface area contributed by atoms with E-state index in [1.54, 1.807) is 11.3 Å². The van der Waals surface area contributed by atoms with Gasteiger partial charge >= 0.3 is 0 Å². The Morgan fingerprint density at radius 3 is 2.92 bits per heavy atom. The molecule has 4 heteroatoms. The van der Waals surface area contributed by atoms with Crippen LogP contribution in [-0.4, -0.2) is 16.4 Å². The summed E-state index contributed by atoms with van der Waals surface area (Å²) in [4.78, 5) is 4.20. The van der Waals surface area contributed by atoms with Crippen molar-refractivity contribution in [1.82, 2.24) is 10.3 Å². The highest BCUT2D eigenvalue weighted by Gasteiger charge is 2.19. The van der Waals surface area contributed by atoms with E-state index in [0.29, 0.717) is 5.88 Å². The van der Waals surface area contributed by atoms with Crippen LogP contribution >= 0.6 is 22.9 Å². The van der Waals surface area contributed by atoms with Crippen molar-refractivity contribution >= 4 is 22.9 Å². The minimum Gasteiger partial charge on any atom is -0.304 e. The fourth-order valence-corrected chi connectivity index (χ4v) is 1.74. The molecule has 0 spiro atoms. The van der Waals surface area contributed by atoms with Gasteiger partial charge in [0.1, 0.15) is 5.01 Å². The molecular weight excluding hydrogens is 204 g/mol. The summed E-state index contributed by atoms with van der Waals surface area (Å²) in [5.74, 6) is 0.634. The van der Waals surface area contributed by atoms with E-state index in [0.717, 1.165) is 18.0 Å². The van der Waals surface area contributed by atoms with E-state index in [1.807, 2.05) is 11.6 Å². The number of nitrogens with one attached hydrogen (secondary N) is 1. The van der Waals surface area contributed by atoms with Gasteiger partial charge in [0.05, 0.1) is 0 Å². The van der Waals surface area contributed by atoms with Crippen LogP contribution in [-0.2, 0) is 6.54 Å². The normalized spacial score (nSPS) is 15.6. The predicted octanol–water partition coefficient (Wildman–Crippen LogP) is 2.64. The van der Waals surface area contributed by atoms with Gasteiger partial charge in [0.15, 0.2) is 0 Å². The van der Waals surface area contributed by atoms with E-state index in [-0.39, 0.29) is 5.54 Å². The lowest BCUT2D eigenvalue weighted by Crippen LogP contribution is -2.42. The van der Waals surface area contributed by atoms with E-state index in [2.05, 4.69) is 24.1 Å². The molecule has 1 aromatic heterocycles. The highest BCUT2D eigenvalue weighted by Crippen LogP contribution is 2.13. The molecule has 0 aliphatic carbocycles. The maximum atomic E-state index is 5.87. The van der Waals surface area contributed by atoms with E-state index in [4.69, 9.17) is 11.6 Å². The molecule has 1 aromatic rings. The maximum absolute atomic E-state index is 5.87. The minimum atomic E-state index is 0.0349. The van der Waals surface area contributed by atoms with Crippen molar-refractivity contribution in [3.63, 3.8) is 0 Å². The monoisotopic (exact) mass is 218 g/mol. The summed E-state index contributed by atoms with van der Waals surface area (Å²) in [6.07, 6.45) is 2.85. The van der Waals surface area contributed by atoms with Crippen molar-refractivity contribution in [2.24, 2.45) is 0 Å². The van der Waals surface area contributed by atoms with Crippen molar-refractivity contribution in [3.8, 4) is 0 Å². The zero-order chi connectivity index (χ0) is 9.73. The van der Waals surface area contributed by atoms with Crippen LogP contribution in [0.2, 0.25) is 0 Å². The molecular formula is C9H15ClN2S. The van der Waals surface area contributed by atoms with Crippen molar-refractivity contribution in [2.45, 2.75) is 32.4 Å². The number of thiazole rings is 1. The second-order valence-corrected chi connectivity index (χ2v) is 4.57. The molecule has 0 fully saturated rings. The minimum absolute atomic E-state index is 0.0349. The standard InChI is InChI=1S/C9H15ClN2S/c1-3-9(2,7-10)12-6-8-11-4-5-13-8/h4-5,12H,3,6-7H2,1-2H3. The summed E-state index contributed by atoms with van der Waals surface area (Å²) in [7, 11) is 0. The predicted molar refractivity (Wildman–Crippen MR) is 58.4 cm³/mol. The summed E-state index contributed by atoms with van der Waals surface area (Å²) in [6, 6.07) is 0. The Morgan fingerprint density at radius 1 is 1.69 bits per heavy atom. The highest BCUT2D eigenvalue weighted by atomic mass is 35.5. The second-order valence-electron chi connectivity index (χ2n) is 3.33. The summed E-state index contributed by atoms with van der Waals surface area (Å²) < 4.78 is 0. The van der Waals surface area contributed by atoms with Crippen molar-refractivity contribution in [3.05, 3.63) is 16.6 Å². The molecule has 1 rings (SSSR count). The van der Waals surface area contributed by atoms with Crippen molar-refractivity contribution in [2.75, 3.05) is 5.88 Å². The van der Waals surface area contributed by atoms with Gasteiger partial charge in [-0.25, -0.2) is 4.98 Å². The number of alkyl halides is 1. The first-order chi connectivity index (χ1) is 6.20. The Kier molecular flexibility index (Phi) is 4.16. The van der Waals surface area contributed by atoms with Crippen LogP contribution in [0.25, 0.3) is 0 Å². The lowest BCUT2D eigenvalue weighted by molar-refractivity contribution is 0.379. The molecule has 1 atom stereocenters. The van der Waals surface area contributed by atoms with Crippen LogP contribution < -0.4 is 5.32 Å². The molecule has 0 saturated carbocycles. The van der Waals surface area contributed by atoms with Crippen LogP contribution in [0, 0.1) is 0 Å². The molecule has 2 nitrogen and oxygen atoms in total. The van der Waals surface area contributed by atoms with Crippen LogP contribution in [0.4, 0.5) is 0 Å². The molecule has 0 aliphatic heterocycles. The molecule has 74 valence electrons. The van der Waals surface area contributed by atoms with Crippen LogP contribution in [0.15, 0.2) is 11.6 Å². The molecule has 1 N–H and O–H groups in total. The first-order valence-electron chi connectivity index (χ1n) is 4.39. The molecule has 0 bridgehead atoms. The van der Waals surface area contributed by atoms with Gasteiger partial charge in [0, 0.05) is 29.5 Å². The largest absolute Gasteiger partial charge is 0.304 e. The highest BCUT2D eigenvalue weighted by molar-refractivity contribution is 7.09. The zero-order valence-corrected chi connectivity index (χ0v) is 9.58. The Hall–Kier alpha value is -0.120. The van der Waals surface area contributed by atoms with Gasteiger partial charge < -0.3 is 5.32 Å². The van der Waals surface area contributed by atoms with Crippen LogP contribution in [0.3, 0.4) is 0 Å². The van der Waals surface area contributed by atoms with E-state index in [1.165, 1.54) is 0 Å². The van der Waals surface area contributed by atoms with Gasteiger partial charge in [0.25, 0.3) is 0 Å². The first-order valence-corrected chi connectivity index (χ1v) is 5.81. The van der Waals surface area contributed by atoms with Gasteiger partial charge in [-0.15, -0.1) is 22.9 Å². The molecule has 0 radical (unpaired) electrons. The average Bonchev–Trinajstić information content (AvgIpc) is 2.67. The quantitative estimate of drug-likeness (QED) is 0.769. The molecule has 13 heavy (non-hydrogen) atoms. The van der Waals surface area contributed by atoms with E-state index >= 15 is 0 Å². The number of halogens is 1. The second kappa shape index (κ2) is 4.94. The summed E-state index contributed by atoms with van der Waals surface area (Å²) >= 11 is 7.54. The summed E-state index contributed by atoms with van der Waals surface area (Å²) in [6.45, 7) is 5.08. The Labute approximate surface area is 88.3 Å². The number of rotatable bonds is 5. The van der Waals surface area contributed by atoms with Gasteiger partial charge in [-0.1, -0.05) is 6.92 Å². The molecule has 0 saturated heterocycles. The van der Waals surface area contributed by atoms with Crippen molar-refractivity contribution < 1.29 is 0 Å². The number of hydrogen-bond donors (Lipinski definition) is 1. The third-order valence-corrected chi connectivity index (χ3v) is 3.59. The van der Waals surface area contributed by atoms with Gasteiger partial charge in [0.2, 0.25) is 0 Å². The Bertz CT molecular complexity index is 232. The van der Waals surface area contributed by atoms with Gasteiger partial charge in [-0.2, -0.15) is 0 Å². The first kappa shape index (κ1) is 11.0. The van der Waals surface area contributed by atoms with E-state index in [9.17, 15) is 0 Å². The molecule has 0 aromatic carbocycles. The van der Waals surface area contributed by atoms with Crippen LogP contribution in [0.1, 0.15) is 25.3 Å². The molecule has 0 aliphatic rings. The maximum Gasteiger partial charge on any atom is 0.106 e. The fourth-order valence-electron chi connectivity index (χ4n) is 0.896. The third-order valence-electron chi connectivity index (χ3n) is 2.23. The third kappa shape index (κ3) is 3.25. The molecule has 1 unspecified atom stereocenters. The SMILES string of the molecule is CCC(C)(CCl)NCc1nccs1. The zero-order valence-electron chi connectivity index (χ0n) is 8.01. The van der Waals surface area contributed by atoms with Crippen LogP contribution in [0.5, 0.6) is 0 Å². The summed E-state index contributed by atoms with van der Waals surface area (Å²) in [5, 5.41) is 6.52. The topological polar surface area (TPSA) is 24.9 Å². The Balaban J connectivity index is 2.41. The van der Waals surface area contributed by atoms with Crippen molar-refractivity contribution in [1.29, 1.82) is 0 Å². The molecule has 0 amide bonds.